The first kappa shape index (κ1) is 22.9. The van der Waals surface area contributed by atoms with Crippen LogP contribution in [0.4, 0.5) is 8.78 Å². The van der Waals surface area contributed by atoms with Crippen LogP contribution in [0, 0.1) is 17.8 Å². The van der Waals surface area contributed by atoms with E-state index >= 15 is 0 Å². The minimum atomic E-state index is -1.56. The second-order valence-corrected chi connectivity index (χ2v) is 9.88. The van der Waals surface area contributed by atoms with Gasteiger partial charge in [0.25, 0.3) is 6.08 Å². The fourth-order valence-electron chi connectivity index (χ4n) is 6.06. The number of unbranched alkanes of at least 4 members (excludes halogenated alkanes) is 1. The molecular weight excluding hydrogens is 394 g/mol. The Morgan fingerprint density at radius 1 is 0.806 bits per heavy atom. The molecule has 0 atom stereocenters. The van der Waals surface area contributed by atoms with Crippen LogP contribution in [-0.2, 0) is 15.9 Å². The predicted molar refractivity (Wildman–Crippen MR) is 120 cm³/mol. The third-order valence-electron chi connectivity index (χ3n) is 7.91. The highest BCUT2D eigenvalue weighted by molar-refractivity contribution is 5.26. The molecule has 0 radical (unpaired) electrons. The van der Waals surface area contributed by atoms with E-state index < -0.39 is 6.08 Å². The highest BCUT2D eigenvalue weighted by Crippen LogP contribution is 2.44. The highest BCUT2D eigenvalue weighted by atomic mass is 19.3. The van der Waals surface area contributed by atoms with Gasteiger partial charge in [0.1, 0.15) is 0 Å². The summed E-state index contributed by atoms with van der Waals surface area (Å²) < 4.78 is 35.9. The molecule has 0 spiro atoms. The Kier molecular flexibility index (Phi) is 8.55. The van der Waals surface area contributed by atoms with Crippen LogP contribution in [0.3, 0.4) is 0 Å². The van der Waals surface area contributed by atoms with Crippen LogP contribution in [0.1, 0.15) is 87.7 Å². The molecule has 172 valence electrons. The van der Waals surface area contributed by atoms with E-state index in [4.69, 9.17) is 9.47 Å². The molecule has 3 aliphatic rings. The zero-order valence-electron chi connectivity index (χ0n) is 18.7. The quantitative estimate of drug-likeness (QED) is 0.412. The van der Waals surface area contributed by atoms with Gasteiger partial charge in [0.05, 0.1) is 13.2 Å². The highest BCUT2D eigenvalue weighted by Gasteiger charge is 2.34. The molecule has 0 N–H and O–H groups in total. The van der Waals surface area contributed by atoms with Gasteiger partial charge in [-0.1, -0.05) is 24.3 Å². The van der Waals surface area contributed by atoms with Crippen molar-refractivity contribution >= 4 is 0 Å². The van der Waals surface area contributed by atoms with E-state index in [1.165, 1.54) is 62.5 Å². The first-order valence-electron chi connectivity index (χ1n) is 12.5. The smallest absolute Gasteiger partial charge is 0.266 e. The molecular formula is C27H38F2O2. The van der Waals surface area contributed by atoms with Crippen LogP contribution in [0.15, 0.2) is 36.4 Å². The van der Waals surface area contributed by atoms with Gasteiger partial charge in [-0.3, -0.25) is 0 Å². The van der Waals surface area contributed by atoms with Gasteiger partial charge >= 0.3 is 0 Å². The molecule has 4 rings (SSSR count). The van der Waals surface area contributed by atoms with Crippen molar-refractivity contribution in [3.8, 4) is 0 Å². The number of hydrogen-bond donors (Lipinski definition) is 0. The van der Waals surface area contributed by atoms with Gasteiger partial charge in [-0.25, -0.2) is 0 Å². The lowest BCUT2D eigenvalue weighted by atomic mass is 9.68. The van der Waals surface area contributed by atoms with E-state index in [0.717, 1.165) is 50.4 Å². The Hall–Kier alpha value is -1.26. The van der Waals surface area contributed by atoms with Crippen molar-refractivity contribution in [3.63, 3.8) is 0 Å². The molecule has 0 unspecified atom stereocenters. The topological polar surface area (TPSA) is 18.5 Å². The van der Waals surface area contributed by atoms with Crippen molar-refractivity contribution in [2.75, 3.05) is 13.2 Å². The fourth-order valence-corrected chi connectivity index (χ4v) is 6.06. The molecule has 1 aromatic carbocycles. The maximum absolute atomic E-state index is 12.1. The summed E-state index contributed by atoms with van der Waals surface area (Å²) in [6.07, 6.45) is 13.2. The van der Waals surface area contributed by atoms with Gasteiger partial charge in [0, 0.05) is 5.92 Å². The summed E-state index contributed by atoms with van der Waals surface area (Å²) in [4.78, 5) is 0. The number of benzene rings is 1. The minimum Gasteiger partial charge on any atom is -0.352 e. The Bertz CT molecular complexity index is 676. The molecule has 1 aromatic rings. The lowest BCUT2D eigenvalue weighted by molar-refractivity contribution is -0.211. The lowest BCUT2D eigenvalue weighted by Gasteiger charge is -2.40. The van der Waals surface area contributed by atoms with E-state index in [-0.39, 0.29) is 6.29 Å². The first-order valence-corrected chi connectivity index (χ1v) is 12.5. The predicted octanol–water partition coefficient (Wildman–Crippen LogP) is 7.63. The molecule has 0 bridgehead atoms. The van der Waals surface area contributed by atoms with Gasteiger partial charge in [0.2, 0.25) is 0 Å². The van der Waals surface area contributed by atoms with Crippen LogP contribution in [-0.4, -0.2) is 19.5 Å². The van der Waals surface area contributed by atoms with Crippen LogP contribution in [0.25, 0.3) is 0 Å². The van der Waals surface area contributed by atoms with E-state index in [9.17, 15) is 8.78 Å². The second-order valence-electron chi connectivity index (χ2n) is 9.88. The number of rotatable bonds is 7. The number of ether oxygens (including phenoxy) is 2. The Morgan fingerprint density at radius 3 is 2.00 bits per heavy atom. The van der Waals surface area contributed by atoms with Crippen LogP contribution >= 0.6 is 0 Å². The molecule has 3 fully saturated rings. The average Bonchev–Trinajstić information content (AvgIpc) is 2.83. The second kappa shape index (κ2) is 11.6. The maximum Gasteiger partial charge on any atom is 0.266 e. The molecule has 0 aromatic heterocycles. The minimum absolute atomic E-state index is 0.0646. The fraction of sp³-hybridized carbons (Fsp3) is 0.704. The molecule has 31 heavy (non-hydrogen) atoms. The van der Waals surface area contributed by atoms with Crippen molar-refractivity contribution in [2.45, 2.75) is 89.3 Å². The molecule has 0 amide bonds. The lowest BCUT2D eigenvalue weighted by Crippen LogP contribution is -2.35. The summed E-state index contributed by atoms with van der Waals surface area (Å²) >= 11 is 0. The molecule has 2 aliphatic carbocycles. The molecule has 1 saturated heterocycles. The van der Waals surface area contributed by atoms with Gasteiger partial charge < -0.3 is 9.47 Å². The average molecular weight is 433 g/mol. The SMILES string of the molecule is FC(F)=CCCCc1ccc(C2CCC(C3CCC(C4OCCCO4)CC3)CC2)cc1. The van der Waals surface area contributed by atoms with Crippen molar-refractivity contribution in [2.24, 2.45) is 17.8 Å². The van der Waals surface area contributed by atoms with Crippen LogP contribution < -0.4 is 0 Å². The standard InChI is InChI=1S/C27H38F2O2/c28-26(29)5-2-1-4-20-6-8-21(9-7-20)22-10-12-23(13-11-22)24-14-16-25(17-15-24)27-30-18-3-19-31-27/h5-9,22-25,27H,1-4,10-19H2. The summed E-state index contributed by atoms with van der Waals surface area (Å²) in [5.41, 5.74) is 2.72. The zero-order valence-corrected chi connectivity index (χ0v) is 18.7. The largest absolute Gasteiger partial charge is 0.352 e. The third kappa shape index (κ3) is 6.61. The molecule has 2 nitrogen and oxygen atoms in total. The number of hydrogen-bond acceptors (Lipinski definition) is 2. The van der Waals surface area contributed by atoms with E-state index in [2.05, 4.69) is 24.3 Å². The van der Waals surface area contributed by atoms with Crippen molar-refractivity contribution in [1.29, 1.82) is 0 Å². The molecule has 4 heteroatoms. The van der Waals surface area contributed by atoms with Gasteiger partial charge in [-0.05, 0) is 112 Å². The van der Waals surface area contributed by atoms with E-state index in [1.54, 1.807) is 0 Å². The zero-order chi connectivity index (χ0) is 21.5. The van der Waals surface area contributed by atoms with Gasteiger partial charge in [0.15, 0.2) is 6.29 Å². The third-order valence-corrected chi connectivity index (χ3v) is 7.91. The van der Waals surface area contributed by atoms with Crippen molar-refractivity contribution in [3.05, 3.63) is 47.5 Å². The summed E-state index contributed by atoms with van der Waals surface area (Å²) in [5, 5.41) is 0. The molecule has 1 heterocycles. The monoisotopic (exact) mass is 432 g/mol. The molecule has 2 saturated carbocycles. The van der Waals surface area contributed by atoms with Crippen molar-refractivity contribution < 1.29 is 18.3 Å². The summed E-state index contributed by atoms with van der Waals surface area (Å²) in [5.74, 6) is 3.09. The number of halogens is 2. The Morgan fingerprint density at radius 2 is 1.39 bits per heavy atom. The summed E-state index contributed by atoms with van der Waals surface area (Å²) in [6.45, 7) is 1.73. The number of allylic oxidation sites excluding steroid dienone is 1. The van der Waals surface area contributed by atoms with E-state index in [1.807, 2.05) is 0 Å². The Labute approximate surface area is 186 Å². The summed E-state index contributed by atoms with van der Waals surface area (Å²) in [7, 11) is 0. The summed E-state index contributed by atoms with van der Waals surface area (Å²) in [6, 6.07) is 8.96. The van der Waals surface area contributed by atoms with Crippen molar-refractivity contribution in [1.82, 2.24) is 0 Å². The maximum atomic E-state index is 12.1. The van der Waals surface area contributed by atoms with E-state index in [0.29, 0.717) is 18.3 Å². The normalized spacial score (nSPS) is 30.1. The van der Waals surface area contributed by atoms with Gasteiger partial charge in [-0.15, -0.1) is 0 Å². The van der Waals surface area contributed by atoms with Crippen LogP contribution in [0.5, 0.6) is 0 Å². The number of aryl methyl sites for hydroxylation is 1. The van der Waals surface area contributed by atoms with Gasteiger partial charge in [-0.2, -0.15) is 8.78 Å². The van der Waals surface area contributed by atoms with Crippen LogP contribution in [0.2, 0.25) is 0 Å². The Balaban J connectivity index is 1.18. The first-order chi connectivity index (χ1) is 15.2. The molecule has 1 aliphatic heterocycles.